The molecule has 0 saturated carbocycles. The second-order valence-corrected chi connectivity index (χ2v) is 4.62. The quantitative estimate of drug-likeness (QED) is 0.526. The van der Waals surface area contributed by atoms with Gasteiger partial charge in [-0.2, -0.15) is 0 Å². The molecule has 0 radical (unpaired) electrons. The van der Waals surface area contributed by atoms with Crippen LogP contribution in [0.3, 0.4) is 0 Å². The minimum absolute atomic E-state index is 0.0611. The Morgan fingerprint density at radius 3 is 2.53 bits per heavy atom. The van der Waals surface area contributed by atoms with Crippen LogP contribution in [0.15, 0.2) is 42.5 Å². The van der Waals surface area contributed by atoms with Crippen LogP contribution in [0.25, 0.3) is 11.6 Å². The molecule has 0 saturated heterocycles. The maximum absolute atomic E-state index is 13.7. The molecule has 2 aromatic carbocycles. The molecule has 0 aromatic heterocycles. The Morgan fingerprint density at radius 2 is 1.84 bits per heavy atom. The van der Waals surface area contributed by atoms with Crippen molar-refractivity contribution in [1.82, 2.24) is 0 Å². The number of rotatable bonds is 3. The lowest BCUT2D eigenvalue weighted by molar-refractivity contribution is 0.597. The molecule has 2 aromatic rings. The van der Waals surface area contributed by atoms with Gasteiger partial charge in [0.05, 0.1) is 0 Å². The SMILES string of the molecule is Fc1ccc(F)c(C(=Cc2ccccc2Cl)CCl)c1. The van der Waals surface area contributed by atoms with Crippen LogP contribution >= 0.6 is 23.2 Å². The summed E-state index contributed by atoms with van der Waals surface area (Å²) in [5.41, 5.74) is 1.34. The Morgan fingerprint density at radius 1 is 1.11 bits per heavy atom. The van der Waals surface area contributed by atoms with Crippen LogP contribution in [0.5, 0.6) is 0 Å². The summed E-state index contributed by atoms with van der Waals surface area (Å²) < 4.78 is 26.9. The number of benzene rings is 2. The number of halogens is 4. The normalized spacial score (nSPS) is 11.7. The van der Waals surface area contributed by atoms with Crippen LogP contribution in [-0.4, -0.2) is 5.88 Å². The zero-order valence-corrected chi connectivity index (χ0v) is 11.3. The van der Waals surface area contributed by atoms with Gasteiger partial charge >= 0.3 is 0 Å². The van der Waals surface area contributed by atoms with Gasteiger partial charge in [0.15, 0.2) is 0 Å². The number of allylic oxidation sites excluding steroid dienone is 1. The zero-order valence-electron chi connectivity index (χ0n) is 9.84. The molecule has 4 heteroatoms. The minimum atomic E-state index is -0.514. The predicted octanol–water partition coefficient (Wildman–Crippen LogP) is 5.40. The van der Waals surface area contributed by atoms with Crippen molar-refractivity contribution in [2.24, 2.45) is 0 Å². The third-order valence-corrected chi connectivity index (χ3v) is 3.29. The summed E-state index contributed by atoms with van der Waals surface area (Å²) >= 11 is 11.9. The average Bonchev–Trinajstić information content (AvgIpc) is 2.41. The standard InChI is InChI=1S/C15H10Cl2F2/c16-9-11(7-10-3-1-2-4-14(10)17)13-8-12(18)5-6-15(13)19/h1-8H,9H2. The predicted molar refractivity (Wildman–Crippen MR) is 76.4 cm³/mol. The van der Waals surface area contributed by atoms with E-state index in [0.717, 1.165) is 18.2 Å². The van der Waals surface area contributed by atoms with Crippen LogP contribution in [0, 0.1) is 11.6 Å². The lowest BCUT2D eigenvalue weighted by Crippen LogP contribution is -1.93. The molecule has 0 aliphatic rings. The van der Waals surface area contributed by atoms with E-state index in [4.69, 9.17) is 23.2 Å². The summed E-state index contributed by atoms with van der Waals surface area (Å²) in [6, 6.07) is 10.4. The van der Waals surface area contributed by atoms with Crippen molar-refractivity contribution in [3.05, 3.63) is 70.2 Å². The molecule has 0 nitrogen and oxygen atoms in total. The summed E-state index contributed by atoms with van der Waals surface area (Å²) in [5.74, 6) is -0.960. The van der Waals surface area contributed by atoms with Gasteiger partial charge in [-0.05, 0) is 41.5 Å². The van der Waals surface area contributed by atoms with Crippen LogP contribution in [0.2, 0.25) is 5.02 Å². The second kappa shape index (κ2) is 6.18. The average molecular weight is 299 g/mol. The monoisotopic (exact) mass is 298 g/mol. The first-order valence-electron chi connectivity index (χ1n) is 5.58. The molecule has 0 fully saturated rings. The van der Waals surface area contributed by atoms with Gasteiger partial charge in [0.2, 0.25) is 0 Å². The summed E-state index contributed by atoms with van der Waals surface area (Å²) in [6.45, 7) is 0. The summed E-state index contributed by atoms with van der Waals surface area (Å²) in [7, 11) is 0. The molecular weight excluding hydrogens is 289 g/mol. The fourth-order valence-electron chi connectivity index (χ4n) is 1.71. The van der Waals surface area contributed by atoms with Crippen molar-refractivity contribution in [2.45, 2.75) is 0 Å². The van der Waals surface area contributed by atoms with Crippen molar-refractivity contribution in [3.8, 4) is 0 Å². The van der Waals surface area contributed by atoms with Gasteiger partial charge < -0.3 is 0 Å². The molecule has 0 aliphatic heterocycles. The lowest BCUT2D eigenvalue weighted by Gasteiger charge is -2.07. The number of hydrogen-bond acceptors (Lipinski definition) is 0. The van der Waals surface area contributed by atoms with Gasteiger partial charge in [0.25, 0.3) is 0 Å². The molecule has 0 spiro atoms. The Balaban J connectivity index is 2.51. The largest absolute Gasteiger partial charge is 0.207 e. The van der Waals surface area contributed by atoms with E-state index in [1.54, 1.807) is 24.3 Å². The van der Waals surface area contributed by atoms with Crippen molar-refractivity contribution < 1.29 is 8.78 Å². The van der Waals surface area contributed by atoms with Gasteiger partial charge in [-0.15, -0.1) is 11.6 Å². The van der Waals surface area contributed by atoms with Gasteiger partial charge in [-0.3, -0.25) is 0 Å². The molecule has 0 atom stereocenters. The van der Waals surface area contributed by atoms with Gasteiger partial charge in [0.1, 0.15) is 11.6 Å². The Labute approximate surface area is 120 Å². The second-order valence-electron chi connectivity index (χ2n) is 3.95. The van der Waals surface area contributed by atoms with Crippen LogP contribution in [0.4, 0.5) is 8.78 Å². The van der Waals surface area contributed by atoms with Crippen LogP contribution in [0.1, 0.15) is 11.1 Å². The van der Waals surface area contributed by atoms with E-state index in [1.807, 2.05) is 6.07 Å². The lowest BCUT2D eigenvalue weighted by atomic mass is 10.0. The molecule has 0 unspecified atom stereocenters. The molecule has 0 bridgehead atoms. The van der Waals surface area contributed by atoms with Crippen LogP contribution < -0.4 is 0 Å². The Kier molecular flexibility index (Phi) is 4.56. The van der Waals surface area contributed by atoms with Crippen molar-refractivity contribution in [3.63, 3.8) is 0 Å². The van der Waals surface area contributed by atoms with E-state index in [-0.39, 0.29) is 11.4 Å². The molecule has 0 heterocycles. The highest BCUT2D eigenvalue weighted by atomic mass is 35.5. The van der Waals surface area contributed by atoms with E-state index in [1.165, 1.54) is 0 Å². The zero-order chi connectivity index (χ0) is 13.8. The number of alkyl halides is 1. The summed E-state index contributed by atoms with van der Waals surface area (Å²) in [5, 5.41) is 0.530. The summed E-state index contributed by atoms with van der Waals surface area (Å²) in [6.07, 6.45) is 1.66. The van der Waals surface area contributed by atoms with Crippen molar-refractivity contribution >= 4 is 34.9 Å². The first kappa shape index (κ1) is 14.0. The molecule has 0 aliphatic carbocycles. The Bertz CT molecular complexity index is 621. The van der Waals surface area contributed by atoms with E-state index in [2.05, 4.69) is 0 Å². The van der Waals surface area contributed by atoms with Gasteiger partial charge in [-0.25, -0.2) is 8.78 Å². The minimum Gasteiger partial charge on any atom is -0.207 e. The van der Waals surface area contributed by atoms with E-state index in [9.17, 15) is 8.78 Å². The third-order valence-electron chi connectivity index (χ3n) is 2.65. The van der Waals surface area contributed by atoms with Crippen molar-refractivity contribution in [2.75, 3.05) is 5.88 Å². The molecule has 19 heavy (non-hydrogen) atoms. The van der Waals surface area contributed by atoms with E-state index in [0.29, 0.717) is 16.2 Å². The summed E-state index contributed by atoms with van der Waals surface area (Å²) in [4.78, 5) is 0. The van der Waals surface area contributed by atoms with Gasteiger partial charge in [-0.1, -0.05) is 29.8 Å². The number of hydrogen-bond donors (Lipinski definition) is 0. The van der Waals surface area contributed by atoms with Gasteiger partial charge in [0, 0.05) is 16.5 Å². The van der Waals surface area contributed by atoms with Crippen molar-refractivity contribution in [1.29, 1.82) is 0 Å². The van der Waals surface area contributed by atoms with E-state index < -0.39 is 11.6 Å². The smallest absolute Gasteiger partial charge is 0.130 e. The highest BCUT2D eigenvalue weighted by Crippen LogP contribution is 2.26. The first-order chi connectivity index (χ1) is 9.11. The fourth-order valence-corrected chi connectivity index (χ4v) is 2.12. The maximum Gasteiger partial charge on any atom is 0.130 e. The molecule has 98 valence electrons. The Hall–Kier alpha value is -1.38. The highest BCUT2D eigenvalue weighted by Gasteiger charge is 2.09. The molecule has 0 amide bonds. The van der Waals surface area contributed by atoms with E-state index >= 15 is 0 Å². The molecular formula is C15H10Cl2F2. The maximum atomic E-state index is 13.7. The fraction of sp³-hybridized carbons (Fsp3) is 0.0667. The highest BCUT2D eigenvalue weighted by molar-refractivity contribution is 6.32. The molecule has 2 rings (SSSR count). The first-order valence-corrected chi connectivity index (χ1v) is 6.49. The third kappa shape index (κ3) is 3.34. The topological polar surface area (TPSA) is 0 Å². The molecule has 0 N–H and O–H groups in total. The van der Waals surface area contributed by atoms with Crippen LogP contribution in [-0.2, 0) is 0 Å².